The van der Waals surface area contributed by atoms with Crippen LogP contribution in [0.3, 0.4) is 0 Å². The monoisotopic (exact) mass is 309 g/mol. The highest BCUT2D eigenvalue weighted by atomic mass is 32.2. The molecular weight excluding hydrogens is 290 g/mol. The maximum atomic E-state index is 11.9. The van der Waals surface area contributed by atoms with Crippen LogP contribution in [0.15, 0.2) is 29.2 Å². The topological polar surface area (TPSA) is 84.3 Å². The van der Waals surface area contributed by atoms with E-state index in [1.54, 1.807) is 12.1 Å². The number of nitrogens with zero attached hydrogens (tertiary/aromatic N) is 1. The van der Waals surface area contributed by atoms with Gasteiger partial charge in [-0.25, -0.2) is 0 Å². The molecule has 21 heavy (non-hydrogen) atoms. The molecule has 1 fully saturated rings. The molecule has 1 aromatic rings. The predicted molar refractivity (Wildman–Crippen MR) is 82.4 cm³/mol. The van der Waals surface area contributed by atoms with E-state index in [-0.39, 0.29) is 17.6 Å². The van der Waals surface area contributed by atoms with Crippen molar-refractivity contribution in [2.45, 2.75) is 36.7 Å². The Morgan fingerprint density at radius 3 is 2.81 bits per heavy atom. The summed E-state index contributed by atoms with van der Waals surface area (Å²) in [5.41, 5.74) is 0.0625. The first kappa shape index (κ1) is 15.8. The summed E-state index contributed by atoms with van der Waals surface area (Å²) in [6.45, 7) is 3.05. The van der Waals surface area contributed by atoms with Gasteiger partial charge in [-0.3, -0.25) is 14.9 Å². The summed E-state index contributed by atoms with van der Waals surface area (Å²) in [7, 11) is 0. The highest BCUT2D eigenvalue weighted by Gasteiger charge is 2.19. The number of benzene rings is 1. The largest absolute Gasteiger partial charge is 0.353 e. The van der Waals surface area contributed by atoms with Crippen LogP contribution in [0.25, 0.3) is 0 Å². The first-order valence-corrected chi connectivity index (χ1v) is 7.93. The van der Waals surface area contributed by atoms with E-state index in [2.05, 4.69) is 17.6 Å². The van der Waals surface area contributed by atoms with Crippen LogP contribution in [0.2, 0.25) is 0 Å². The number of nitrogens with one attached hydrogen (secondary N) is 2. The zero-order valence-electron chi connectivity index (χ0n) is 11.9. The smallest absolute Gasteiger partial charge is 0.269 e. The summed E-state index contributed by atoms with van der Waals surface area (Å²) in [6.07, 6.45) is 1.91. The van der Waals surface area contributed by atoms with Crippen molar-refractivity contribution in [1.82, 2.24) is 10.6 Å². The molecule has 1 aliphatic rings. The van der Waals surface area contributed by atoms with Gasteiger partial charge in [0.05, 0.1) is 10.7 Å². The Labute approximate surface area is 127 Å². The first-order chi connectivity index (χ1) is 10.0. The molecular formula is C14H19N3O3S. The molecule has 2 atom stereocenters. The Balaban J connectivity index is 1.76. The minimum absolute atomic E-state index is 0.0115. The Morgan fingerprint density at radius 2 is 2.19 bits per heavy atom. The summed E-state index contributed by atoms with van der Waals surface area (Å²) in [5, 5.41) is 16.9. The molecule has 0 spiro atoms. The zero-order chi connectivity index (χ0) is 15.2. The van der Waals surface area contributed by atoms with Crippen molar-refractivity contribution < 1.29 is 9.72 Å². The van der Waals surface area contributed by atoms with Crippen molar-refractivity contribution in [2.24, 2.45) is 0 Å². The fraction of sp³-hybridized carbons (Fsp3) is 0.500. The lowest BCUT2D eigenvalue weighted by molar-refractivity contribution is -0.384. The van der Waals surface area contributed by atoms with E-state index in [1.165, 1.54) is 23.9 Å². The number of carbonyl (C=O) groups is 1. The van der Waals surface area contributed by atoms with Gasteiger partial charge in [0.25, 0.3) is 5.69 Å². The number of nitro groups is 1. The van der Waals surface area contributed by atoms with E-state index >= 15 is 0 Å². The van der Waals surface area contributed by atoms with Gasteiger partial charge in [0.2, 0.25) is 5.91 Å². The van der Waals surface area contributed by atoms with Crippen LogP contribution in [0.4, 0.5) is 5.69 Å². The van der Waals surface area contributed by atoms with Crippen LogP contribution in [0.5, 0.6) is 0 Å². The molecule has 0 aliphatic carbocycles. The number of amides is 1. The molecule has 2 rings (SSSR count). The third kappa shape index (κ3) is 5.02. The van der Waals surface area contributed by atoms with E-state index in [1.807, 2.05) is 0 Å². The second-order valence-electron chi connectivity index (χ2n) is 5.18. The summed E-state index contributed by atoms with van der Waals surface area (Å²) in [6, 6.07) is 6.92. The van der Waals surface area contributed by atoms with Crippen molar-refractivity contribution in [1.29, 1.82) is 0 Å². The number of non-ortho nitro benzene ring substituents is 1. The lowest BCUT2D eigenvalue weighted by atomic mass is 10.0. The fourth-order valence-electron chi connectivity index (χ4n) is 2.35. The summed E-state index contributed by atoms with van der Waals surface area (Å²) >= 11 is 1.39. The molecule has 0 bridgehead atoms. The standard InChI is InChI=1S/C14H19N3O3S/c1-10-8-11(6-7-15-10)16-14(18)9-21-13-4-2-12(3-5-13)17(19)20/h2-5,10-11,15H,6-9H2,1H3,(H,16,18). The second-order valence-corrected chi connectivity index (χ2v) is 6.23. The number of piperidine rings is 1. The van der Waals surface area contributed by atoms with Crippen LogP contribution in [0.1, 0.15) is 19.8 Å². The number of carbonyl (C=O) groups excluding carboxylic acids is 1. The molecule has 2 unspecified atom stereocenters. The predicted octanol–water partition coefficient (Wildman–Crippen LogP) is 1.94. The maximum absolute atomic E-state index is 11.9. The average molecular weight is 309 g/mol. The van der Waals surface area contributed by atoms with Crippen LogP contribution in [0, 0.1) is 10.1 Å². The number of nitro benzene ring substituents is 1. The van der Waals surface area contributed by atoms with Gasteiger partial charge in [0, 0.05) is 29.1 Å². The van der Waals surface area contributed by atoms with E-state index < -0.39 is 4.92 Å². The average Bonchev–Trinajstić information content (AvgIpc) is 2.45. The highest BCUT2D eigenvalue weighted by molar-refractivity contribution is 8.00. The van der Waals surface area contributed by atoms with Crippen molar-refractivity contribution in [3.63, 3.8) is 0 Å². The van der Waals surface area contributed by atoms with Gasteiger partial charge in [-0.15, -0.1) is 11.8 Å². The van der Waals surface area contributed by atoms with Gasteiger partial charge in [0.15, 0.2) is 0 Å². The number of hydrogen-bond donors (Lipinski definition) is 2. The van der Waals surface area contributed by atoms with Gasteiger partial charge in [-0.2, -0.15) is 0 Å². The third-order valence-corrected chi connectivity index (χ3v) is 4.42. The Bertz CT molecular complexity index is 507. The molecule has 2 N–H and O–H groups in total. The third-order valence-electron chi connectivity index (χ3n) is 3.41. The van der Waals surface area contributed by atoms with Crippen molar-refractivity contribution in [2.75, 3.05) is 12.3 Å². The van der Waals surface area contributed by atoms with E-state index in [9.17, 15) is 14.9 Å². The van der Waals surface area contributed by atoms with E-state index in [4.69, 9.17) is 0 Å². The summed E-state index contributed by atoms with van der Waals surface area (Å²) in [5.74, 6) is 0.341. The molecule has 7 heteroatoms. The van der Waals surface area contributed by atoms with Gasteiger partial charge >= 0.3 is 0 Å². The summed E-state index contributed by atoms with van der Waals surface area (Å²) in [4.78, 5) is 22.9. The van der Waals surface area contributed by atoms with Crippen molar-refractivity contribution in [3.8, 4) is 0 Å². The summed E-state index contributed by atoms with van der Waals surface area (Å²) < 4.78 is 0. The van der Waals surface area contributed by atoms with Gasteiger partial charge in [-0.05, 0) is 38.4 Å². The maximum Gasteiger partial charge on any atom is 0.269 e. The highest BCUT2D eigenvalue weighted by Crippen LogP contribution is 2.21. The van der Waals surface area contributed by atoms with Crippen molar-refractivity contribution in [3.05, 3.63) is 34.4 Å². The van der Waals surface area contributed by atoms with Crippen LogP contribution in [-0.2, 0) is 4.79 Å². The van der Waals surface area contributed by atoms with E-state index in [0.29, 0.717) is 11.8 Å². The number of rotatable bonds is 5. The Morgan fingerprint density at radius 1 is 1.48 bits per heavy atom. The SMILES string of the molecule is CC1CC(NC(=O)CSc2ccc([N+](=O)[O-])cc2)CCN1. The number of hydrogen-bond acceptors (Lipinski definition) is 5. The molecule has 1 heterocycles. The Kier molecular flexibility index (Phi) is 5.58. The minimum Gasteiger partial charge on any atom is -0.353 e. The molecule has 6 nitrogen and oxygen atoms in total. The molecule has 0 saturated carbocycles. The molecule has 0 radical (unpaired) electrons. The Hall–Kier alpha value is -1.60. The molecule has 114 valence electrons. The lowest BCUT2D eigenvalue weighted by Gasteiger charge is -2.28. The molecule has 1 aromatic carbocycles. The quantitative estimate of drug-likeness (QED) is 0.493. The second kappa shape index (κ2) is 7.42. The van der Waals surface area contributed by atoms with Crippen LogP contribution < -0.4 is 10.6 Å². The first-order valence-electron chi connectivity index (χ1n) is 6.94. The lowest BCUT2D eigenvalue weighted by Crippen LogP contribution is -2.47. The number of thioether (sulfide) groups is 1. The van der Waals surface area contributed by atoms with Gasteiger partial charge < -0.3 is 10.6 Å². The molecule has 1 amide bonds. The van der Waals surface area contributed by atoms with Crippen LogP contribution in [-0.4, -0.2) is 35.2 Å². The van der Waals surface area contributed by atoms with Gasteiger partial charge in [-0.1, -0.05) is 0 Å². The van der Waals surface area contributed by atoms with Crippen molar-refractivity contribution >= 4 is 23.4 Å². The van der Waals surface area contributed by atoms with Crippen LogP contribution >= 0.6 is 11.8 Å². The minimum atomic E-state index is -0.431. The normalized spacial score (nSPS) is 21.8. The zero-order valence-corrected chi connectivity index (χ0v) is 12.7. The molecule has 1 aliphatic heterocycles. The fourth-order valence-corrected chi connectivity index (χ4v) is 3.05. The van der Waals surface area contributed by atoms with Gasteiger partial charge in [0.1, 0.15) is 0 Å². The van der Waals surface area contributed by atoms with E-state index in [0.717, 1.165) is 24.3 Å². The molecule has 0 aromatic heterocycles. The molecule has 1 saturated heterocycles.